The van der Waals surface area contributed by atoms with Crippen molar-refractivity contribution in [2.45, 2.75) is 32.9 Å². The molecular formula is C12H19N3O4S. The quantitative estimate of drug-likeness (QED) is 0.883. The second-order valence-corrected chi connectivity index (χ2v) is 7.44. The summed E-state index contributed by atoms with van der Waals surface area (Å²) in [6.45, 7) is 4.00. The van der Waals surface area contributed by atoms with Crippen LogP contribution >= 0.6 is 0 Å². The molecule has 1 saturated heterocycles. The summed E-state index contributed by atoms with van der Waals surface area (Å²) in [5.41, 5.74) is 1.63. The van der Waals surface area contributed by atoms with Crippen LogP contribution in [0.2, 0.25) is 0 Å². The van der Waals surface area contributed by atoms with Crippen LogP contribution in [0.4, 0.5) is 4.79 Å². The van der Waals surface area contributed by atoms with Gasteiger partial charge in [0.05, 0.1) is 23.7 Å². The number of urea groups is 1. The maximum Gasteiger partial charge on any atom is 0.317 e. The van der Waals surface area contributed by atoms with Crippen molar-refractivity contribution < 1.29 is 17.7 Å². The molecule has 1 N–H and O–H groups in total. The van der Waals surface area contributed by atoms with Gasteiger partial charge < -0.3 is 14.7 Å². The van der Waals surface area contributed by atoms with E-state index >= 15 is 0 Å². The molecule has 0 aliphatic carbocycles. The molecule has 1 aliphatic heterocycles. The van der Waals surface area contributed by atoms with Crippen LogP contribution in [0.3, 0.4) is 0 Å². The highest BCUT2D eigenvalue weighted by Crippen LogP contribution is 2.15. The standard InChI is InChI=1S/C12H19N3O4S/c1-8-11(9(2)19-14-8)6-15(3)12(16)13-10-4-5-20(17,18)7-10/h10H,4-7H2,1-3H3,(H,13,16). The molecule has 1 aliphatic rings. The summed E-state index contributed by atoms with van der Waals surface area (Å²) in [5.74, 6) is 0.856. The number of carbonyl (C=O) groups excluding carboxylic acids is 1. The maximum atomic E-state index is 12.0. The van der Waals surface area contributed by atoms with Crippen LogP contribution in [0.1, 0.15) is 23.4 Å². The third kappa shape index (κ3) is 3.30. The molecule has 8 heteroatoms. The molecular weight excluding hydrogens is 282 g/mol. The summed E-state index contributed by atoms with van der Waals surface area (Å²) in [5, 5.41) is 6.58. The van der Waals surface area contributed by atoms with E-state index in [9.17, 15) is 13.2 Å². The molecule has 20 heavy (non-hydrogen) atoms. The van der Waals surface area contributed by atoms with Gasteiger partial charge in [0.25, 0.3) is 0 Å². The van der Waals surface area contributed by atoms with Gasteiger partial charge in [-0.2, -0.15) is 0 Å². The van der Waals surface area contributed by atoms with Gasteiger partial charge in [0.2, 0.25) is 0 Å². The largest absolute Gasteiger partial charge is 0.361 e. The average molecular weight is 301 g/mol. The zero-order chi connectivity index (χ0) is 14.9. The van der Waals surface area contributed by atoms with E-state index in [-0.39, 0.29) is 23.6 Å². The van der Waals surface area contributed by atoms with Crippen molar-refractivity contribution in [2.75, 3.05) is 18.6 Å². The van der Waals surface area contributed by atoms with Gasteiger partial charge in [0.15, 0.2) is 9.84 Å². The van der Waals surface area contributed by atoms with Gasteiger partial charge >= 0.3 is 6.03 Å². The molecule has 7 nitrogen and oxygen atoms in total. The highest BCUT2D eigenvalue weighted by atomic mass is 32.2. The van der Waals surface area contributed by atoms with Crippen LogP contribution in [-0.2, 0) is 16.4 Å². The Bertz CT molecular complexity index is 589. The Labute approximate surface area is 118 Å². The predicted molar refractivity (Wildman–Crippen MR) is 73.0 cm³/mol. The van der Waals surface area contributed by atoms with Crippen molar-refractivity contribution >= 4 is 15.9 Å². The molecule has 0 saturated carbocycles. The zero-order valence-corrected chi connectivity index (χ0v) is 12.7. The van der Waals surface area contributed by atoms with E-state index in [0.717, 1.165) is 11.3 Å². The normalized spacial score (nSPS) is 20.9. The van der Waals surface area contributed by atoms with Crippen LogP contribution in [0.15, 0.2) is 4.52 Å². The van der Waals surface area contributed by atoms with E-state index in [1.165, 1.54) is 4.90 Å². The predicted octanol–water partition coefficient (Wildman–Crippen LogP) is 0.620. The number of aromatic nitrogens is 1. The first-order valence-electron chi connectivity index (χ1n) is 6.42. The number of nitrogens with zero attached hydrogens (tertiary/aromatic N) is 2. The van der Waals surface area contributed by atoms with Crippen molar-refractivity contribution in [1.82, 2.24) is 15.4 Å². The molecule has 2 amide bonds. The van der Waals surface area contributed by atoms with Gasteiger partial charge in [-0.15, -0.1) is 0 Å². The fourth-order valence-electron chi connectivity index (χ4n) is 2.23. The molecule has 1 atom stereocenters. The summed E-state index contributed by atoms with van der Waals surface area (Å²) in [7, 11) is -1.33. The Morgan fingerprint density at radius 2 is 2.20 bits per heavy atom. The number of hydrogen-bond acceptors (Lipinski definition) is 5. The van der Waals surface area contributed by atoms with Crippen molar-refractivity contribution in [3.05, 3.63) is 17.0 Å². The molecule has 2 heterocycles. The second kappa shape index (κ2) is 5.43. The first kappa shape index (κ1) is 14.8. The van der Waals surface area contributed by atoms with E-state index in [1.54, 1.807) is 14.0 Å². The zero-order valence-electron chi connectivity index (χ0n) is 11.8. The Morgan fingerprint density at radius 1 is 1.50 bits per heavy atom. The van der Waals surface area contributed by atoms with Gasteiger partial charge in [0.1, 0.15) is 5.76 Å². The fourth-order valence-corrected chi connectivity index (χ4v) is 3.90. The number of rotatable bonds is 3. The van der Waals surface area contributed by atoms with Crippen molar-refractivity contribution in [1.29, 1.82) is 0 Å². The number of aryl methyl sites for hydroxylation is 2. The molecule has 1 aromatic rings. The lowest BCUT2D eigenvalue weighted by Gasteiger charge is -2.20. The van der Waals surface area contributed by atoms with Crippen molar-refractivity contribution in [2.24, 2.45) is 0 Å². The SMILES string of the molecule is Cc1noc(C)c1CN(C)C(=O)NC1CCS(=O)(=O)C1. The van der Waals surface area contributed by atoms with Crippen LogP contribution in [-0.4, -0.2) is 49.1 Å². The van der Waals surface area contributed by atoms with E-state index in [0.29, 0.717) is 18.7 Å². The van der Waals surface area contributed by atoms with Crippen LogP contribution in [0, 0.1) is 13.8 Å². The minimum atomic E-state index is -2.99. The van der Waals surface area contributed by atoms with Gasteiger partial charge in [-0.05, 0) is 20.3 Å². The van der Waals surface area contributed by atoms with Crippen LogP contribution < -0.4 is 5.32 Å². The first-order valence-corrected chi connectivity index (χ1v) is 8.24. The second-order valence-electron chi connectivity index (χ2n) is 5.21. The molecule has 0 radical (unpaired) electrons. The molecule has 1 fully saturated rings. The third-order valence-electron chi connectivity index (χ3n) is 3.48. The summed E-state index contributed by atoms with van der Waals surface area (Å²) < 4.78 is 27.8. The van der Waals surface area contributed by atoms with E-state index < -0.39 is 9.84 Å². The minimum absolute atomic E-state index is 0.0257. The Hall–Kier alpha value is -1.57. The van der Waals surface area contributed by atoms with Crippen LogP contribution in [0.25, 0.3) is 0 Å². The van der Waals surface area contributed by atoms with Gasteiger partial charge in [0, 0.05) is 18.7 Å². The van der Waals surface area contributed by atoms with E-state index in [4.69, 9.17) is 4.52 Å². The lowest BCUT2D eigenvalue weighted by atomic mass is 10.2. The number of hydrogen-bond donors (Lipinski definition) is 1. The Balaban J connectivity index is 1.93. The lowest BCUT2D eigenvalue weighted by Crippen LogP contribution is -2.43. The molecule has 1 aromatic heterocycles. The summed E-state index contributed by atoms with van der Waals surface area (Å²) in [4.78, 5) is 13.5. The van der Waals surface area contributed by atoms with Gasteiger partial charge in [-0.25, -0.2) is 13.2 Å². The van der Waals surface area contributed by atoms with E-state index in [1.807, 2.05) is 6.92 Å². The first-order chi connectivity index (χ1) is 9.28. The lowest BCUT2D eigenvalue weighted by molar-refractivity contribution is 0.203. The molecule has 0 spiro atoms. The number of amides is 2. The van der Waals surface area contributed by atoms with Gasteiger partial charge in [-0.3, -0.25) is 0 Å². The summed E-state index contributed by atoms with van der Waals surface area (Å²) in [6.07, 6.45) is 0.479. The molecule has 1 unspecified atom stereocenters. The molecule has 0 aromatic carbocycles. The van der Waals surface area contributed by atoms with E-state index in [2.05, 4.69) is 10.5 Å². The molecule has 2 rings (SSSR count). The topological polar surface area (TPSA) is 92.5 Å². The number of carbonyl (C=O) groups is 1. The smallest absolute Gasteiger partial charge is 0.317 e. The van der Waals surface area contributed by atoms with Crippen molar-refractivity contribution in [3.8, 4) is 0 Å². The monoisotopic (exact) mass is 301 g/mol. The van der Waals surface area contributed by atoms with Crippen LogP contribution in [0.5, 0.6) is 0 Å². The Kier molecular flexibility index (Phi) is 4.03. The highest BCUT2D eigenvalue weighted by Gasteiger charge is 2.29. The molecule has 112 valence electrons. The number of nitrogens with one attached hydrogen (secondary N) is 1. The fraction of sp³-hybridized carbons (Fsp3) is 0.667. The number of sulfone groups is 1. The third-order valence-corrected chi connectivity index (χ3v) is 5.25. The van der Waals surface area contributed by atoms with Gasteiger partial charge in [-0.1, -0.05) is 5.16 Å². The molecule has 0 bridgehead atoms. The van der Waals surface area contributed by atoms with Crippen molar-refractivity contribution in [3.63, 3.8) is 0 Å². The average Bonchev–Trinajstić information content (AvgIpc) is 2.85. The summed E-state index contributed by atoms with van der Waals surface area (Å²) in [6, 6.07) is -0.577. The minimum Gasteiger partial charge on any atom is -0.361 e. The summed E-state index contributed by atoms with van der Waals surface area (Å²) >= 11 is 0. The highest BCUT2D eigenvalue weighted by molar-refractivity contribution is 7.91. The maximum absolute atomic E-state index is 12.0. The Morgan fingerprint density at radius 3 is 2.70 bits per heavy atom.